The molecule has 5 heteroatoms. The van der Waals surface area contributed by atoms with Crippen LogP contribution in [0.15, 0.2) is 12.2 Å². The van der Waals surface area contributed by atoms with Crippen molar-refractivity contribution in [3.63, 3.8) is 0 Å². The van der Waals surface area contributed by atoms with Gasteiger partial charge in [0, 0.05) is 12.8 Å². The molecule has 0 saturated heterocycles. The molecule has 0 heterocycles. The Morgan fingerprint density at radius 1 is 1.12 bits per heavy atom. The number of hydrogen-bond acceptors (Lipinski definition) is 4. The Labute approximate surface area is 157 Å². The van der Waals surface area contributed by atoms with Gasteiger partial charge in [0.1, 0.15) is 0 Å². The minimum absolute atomic E-state index is 0.242. The van der Waals surface area contributed by atoms with Crippen LogP contribution in [0.25, 0.3) is 0 Å². The van der Waals surface area contributed by atoms with Crippen molar-refractivity contribution < 1.29 is 20.1 Å². The Morgan fingerprint density at radius 3 is 2.58 bits per heavy atom. The Balaban J connectivity index is 2.24. The van der Waals surface area contributed by atoms with E-state index in [0.717, 1.165) is 70.6 Å². The number of aliphatic hydroxyl groups excluding tert-OH is 2. The predicted molar refractivity (Wildman–Crippen MR) is 101 cm³/mol. The molecular formula is C21H35NO4. The van der Waals surface area contributed by atoms with Gasteiger partial charge in [-0.05, 0) is 50.4 Å². The second-order valence-corrected chi connectivity index (χ2v) is 7.53. The first-order valence-corrected chi connectivity index (χ1v) is 10.2. The van der Waals surface area contributed by atoms with Gasteiger partial charge < -0.3 is 15.3 Å². The van der Waals surface area contributed by atoms with Gasteiger partial charge in [0.2, 0.25) is 0 Å². The van der Waals surface area contributed by atoms with Gasteiger partial charge in [0.15, 0.2) is 0 Å². The average Bonchev–Trinajstić information content (AvgIpc) is 2.95. The molecule has 1 fully saturated rings. The summed E-state index contributed by atoms with van der Waals surface area (Å²) in [7, 11) is 0. The molecule has 1 aliphatic rings. The summed E-state index contributed by atoms with van der Waals surface area (Å²) < 4.78 is 0. The van der Waals surface area contributed by atoms with Gasteiger partial charge in [0.25, 0.3) is 0 Å². The Hall–Kier alpha value is -1.38. The number of hydrogen-bond donors (Lipinski definition) is 3. The van der Waals surface area contributed by atoms with Gasteiger partial charge in [-0.2, -0.15) is 5.26 Å². The Morgan fingerprint density at radius 2 is 1.85 bits per heavy atom. The average molecular weight is 366 g/mol. The Bertz CT molecular complexity index is 457. The van der Waals surface area contributed by atoms with E-state index in [1.807, 2.05) is 6.08 Å². The van der Waals surface area contributed by atoms with E-state index in [2.05, 4.69) is 12.1 Å². The molecule has 0 bridgehead atoms. The van der Waals surface area contributed by atoms with Crippen LogP contribution in [0.4, 0.5) is 0 Å². The number of aliphatic hydroxyl groups is 2. The summed E-state index contributed by atoms with van der Waals surface area (Å²) in [4.78, 5) is 10.5. The van der Waals surface area contributed by atoms with Crippen LogP contribution in [0, 0.1) is 23.2 Å². The molecule has 5 nitrogen and oxygen atoms in total. The lowest BCUT2D eigenvalue weighted by Crippen LogP contribution is -2.18. The van der Waals surface area contributed by atoms with Crippen molar-refractivity contribution in [2.24, 2.45) is 11.8 Å². The van der Waals surface area contributed by atoms with Crippen LogP contribution >= 0.6 is 0 Å². The van der Waals surface area contributed by atoms with E-state index >= 15 is 0 Å². The highest BCUT2D eigenvalue weighted by Gasteiger charge is 2.32. The molecule has 0 spiro atoms. The maximum atomic E-state index is 10.5. The summed E-state index contributed by atoms with van der Waals surface area (Å²) in [6.45, 7) is 0. The SMILES string of the molecule is N#CCCCCCC(O)C=CC1CCC(O)C1CCCCCCC(=O)O. The minimum Gasteiger partial charge on any atom is -0.481 e. The standard InChI is InChI=1S/C21H35NO4/c22-16-8-4-3-5-9-18(23)14-12-17-13-15-20(24)19(17)10-6-1-2-7-11-21(25)26/h12,14,17-20,23-24H,1-11,13,15H2,(H,25,26). The third-order valence-corrected chi connectivity index (χ3v) is 5.39. The molecular weight excluding hydrogens is 330 g/mol. The smallest absolute Gasteiger partial charge is 0.303 e. The van der Waals surface area contributed by atoms with Gasteiger partial charge in [0.05, 0.1) is 18.3 Å². The molecule has 26 heavy (non-hydrogen) atoms. The van der Waals surface area contributed by atoms with Crippen LogP contribution in [0.2, 0.25) is 0 Å². The summed E-state index contributed by atoms with van der Waals surface area (Å²) in [6, 6.07) is 2.13. The highest BCUT2D eigenvalue weighted by atomic mass is 16.4. The number of allylic oxidation sites excluding steroid dienone is 1. The fourth-order valence-electron chi connectivity index (χ4n) is 3.83. The fraction of sp³-hybridized carbons (Fsp3) is 0.810. The van der Waals surface area contributed by atoms with E-state index in [9.17, 15) is 15.0 Å². The third kappa shape index (κ3) is 9.94. The summed E-state index contributed by atoms with van der Waals surface area (Å²) in [6.07, 6.45) is 14.1. The van der Waals surface area contributed by atoms with E-state index in [-0.39, 0.29) is 18.4 Å². The van der Waals surface area contributed by atoms with Crippen molar-refractivity contribution in [3.8, 4) is 6.07 Å². The van der Waals surface area contributed by atoms with Crippen molar-refractivity contribution in [1.29, 1.82) is 5.26 Å². The number of nitriles is 1. The van der Waals surface area contributed by atoms with Crippen molar-refractivity contribution in [2.75, 3.05) is 0 Å². The first-order valence-electron chi connectivity index (χ1n) is 10.2. The predicted octanol–water partition coefficient (Wildman–Crippen LogP) is 4.19. The molecule has 0 amide bonds. The monoisotopic (exact) mass is 365 g/mol. The van der Waals surface area contributed by atoms with E-state index in [0.29, 0.717) is 12.3 Å². The number of carboxylic acids is 1. The van der Waals surface area contributed by atoms with Crippen LogP contribution in [0.3, 0.4) is 0 Å². The maximum absolute atomic E-state index is 10.5. The quantitative estimate of drug-likeness (QED) is 0.316. The molecule has 1 aliphatic carbocycles. The molecule has 0 aromatic heterocycles. The van der Waals surface area contributed by atoms with Crippen LogP contribution < -0.4 is 0 Å². The number of aliphatic carboxylic acids is 1. The topological polar surface area (TPSA) is 102 Å². The number of rotatable bonds is 14. The maximum Gasteiger partial charge on any atom is 0.303 e. The van der Waals surface area contributed by atoms with E-state index in [4.69, 9.17) is 10.4 Å². The van der Waals surface area contributed by atoms with Crippen LogP contribution in [-0.4, -0.2) is 33.5 Å². The van der Waals surface area contributed by atoms with Crippen molar-refractivity contribution in [2.45, 2.75) is 95.7 Å². The molecule has 3 N–H and O–H groups in total. The van der Waals surface area contributed by atoms with Gasteiger partial charge >= 0.3 is 5.97 Å². The summed E-state index contributed by atoms with van der Waals surface area (Å²) in [5.41, 5.74) is 0. The fourth-order valence-corrected chi connectivity index (χ4v) is 3.83. The van der Waals surface area contributed by atoms with Crippen LogP contribution in [-0.2, 0) is 4.79 Å². The minimum atomic E-state index is -0.731. The largest absolute Gasteiger partial charge is 0.481 e. The van der Waals surface area contributed by atoms with Gasteiger partial charge in [-0.15, -0.1) is 0 Å². The number of carboxylic acid groups (broad SMARTS) is 1. The third-order valence-electron chi connectivity index (χ3n) is 5.39. The van der Waals surface area contributed by atoms with E-state index in [1.54, 1.807) is 0 Å². The van der Waals surface area contributed by atoms with Crippen LogP contribution in [0.1, 0.15) is 83.5 Å². The summed E-state index contributed by atoms with van der Waals surface area (Å²) in [5, 5.41) is 37.4. The molecule has 4 atom stereocenters. The number of nitrogens with zero attached hydrogens (tertiary/aromatic N) is 1. The first kappa shape index (κ1) is 22.7. The van der Waals surface area contributed by atoms with E-state index < -0.39 is 12.1 Å². The molecule has 0 aromatic carbocycles. The van der Waals surface area contributed by atoms with Gasteiger partial charge in [-0.3, -0.25) is 4.79 Å². The molecule has 0 aliphatic heterocycles. The molecule has 1 saturated carbocycles. The highest BCUT2D eigenvalue weighted by Crippen LogP contribution is 2.36. The molecule has 1 rings (SSSR count). The molecule has 148 valence electrons. The first-order chi connectivity index (χ1) is 12.5. The summed E-state index contributed by atoms with van der Waals surface area (Å²) in [5.74, 6) is -0.143. The molecule has 4 unspecified atom stereocenters. The van der Waals surface area contributed by atoms with E-state index in [1.165, 1.54) is 0 Å². The second-order valence-electron chi connectivity index (χ2n) is 7.53. The zero-order chi connectivity index (χ0) is 19.2. The Kier molecular flexibility index (Phi) is 12.0. The van der Waals surface area contributed by atoms with Crippen molar-refractivity contribution in [3.05, 3.63) is 12.2 Å². The summed E-state index contributed by atoms with van der Waals surface area (Å²) >= 11 is 0. The van der Waals surface area contributed by atoms with Gasteiger partial charge in [-0.1, -0.05) is 44.3 Å². The molecule has 0 aromatic rings. The highest BCUT2D eigenvalue weighted by molar-refractivity contribution is 5.66. The van der Waals surface area contributed by atoms with Crippen LogP contribution in [0.5, 0.6) is 0 Å². The lowest BCUT2D eigenvalue weighted by Gasteiger charge is -2.20. The van der Waals surface area contributed by atoms with Crippen molar-refractivity contribution >= 4 is 5.97 Å². The number of unbranched alkanes of at least 4 members (excludes halogenated alkanes) is 6. The molecule has 0 radical (unpaired) electrons. The van der Waals surface area contributed by atoms with Crippen molar-refractivity contribution in [1.82, 2.24) is 0 Å². The number of carbonyl (C=O) groups is 1. The normalized spacial score (nSPS) is 24.0. The second kappa shape index (κ2) is 13.8. The zero-order valence-corrected chi connectivity index (χ0v) is 15.9. The lowest BCUT2D eigenvalue weighted by molar-refractivity contribution is -0.137. The van der Waals surface area contributed by atoms with Gasteiger partial charge in [-0.25, -0.2) is 0 Å². The lowest BCUT2D eigenvalue weighted by atomic mass is 9.88. The zero-order valence-electron chi connectivity index (χ0n) is 15.9.